The summed E-state index contributed by atoms with van der Waals surface area (Å²) in [5, 5.41) is 76.5. The van der Waals surface area contributed by atoms with Gasteiger partial charge >= 0.3 is 5.97 Å². The van der Waals surface area contributed by atoms with Gasteiger partial charge in [0, 0.05) is 39.9 Å². The van der Waals surface area contributed by atoms with Crippen molar-refractivity contribution in [3.05, 3.63) is 0 Å². The Kier molecular flexibility index (Phi) is 32.6. The van der Waals surface area contributed by atoms with Gasteiger partial charge in [-0.05, 0) is 38.5 Å². The number of amides is 9. The molecule has 0 aromatic carbocycles. The van der Waals surface area contributed by atoms with Crippen molar-refractivity contribution >= 4 is 59.1 Å². The van der Waals surface area contributed by atoms with E-state index in [2.05, 4.69) is 44.1 Å². The summed E-state index contributed by atoms with van der Waals surface area (Å²) >= 11 is 0. The number of aliphatic carboxylic acids is 1. The molecule has 25 heteroatoms. The number of hydroxylamine groups is 4. The lowest BCUT2D eigenvalue weighted by Crippen LogP contribution is -2.61. The van der Waals surface area contributed by atoms with E-state index in [4.69, 9.17) is 0 Å². The Hall–Kier alpha value is -5.50. The lowest BCUT2D eigenvalue weighted by Gasteiger charge is -2.26. The SMILES string of the molecule is CCCCCCCCCCCCCCCCCC(=O)N[C@H]1C(=O)N[C@H](C(=O)N[C@H](CO)C(=O)N[C@H](CCCN(O)C(C)=O)C(=O)N[C@@H](CO)C(=O)N[C@@H](CCCN(O)C(C)=O)C(=O)O)CCNC(=O)[C@@H]1O. The predicted octanol–water partition coefficient (Wildman–Crippen LogP) is -0.858. The molecule has 9 amide bonds. The molecule has 1 fully saturated rings. The summed E-state index contributed by atoms with van der Waals surface area (Å²) in [5.41, 5.74) is 0. The molecule has 0 spiro atoms. The Morgan fingerprint density at radius 3 is 1.49 bits per heavy atom. The zero-order valence-corrected chi connectivity index (χ0v) is 41.6. The van der Waals surface area contributed by atoms with Crippen LogP contribution in [0.3, 0.4) is 0 Å². The van der Waals surface area contributed by atoms with Crippen molar-refractivity contribution in [3.63, 3.8) is 0 Å². The van der Waals surface area contributed by atoms with Crippen LogP contribution in [0.2, 0.25) is 0 Å². The summed E-state index contributed by atoms with van der Waals surface area (Å²) in [6.07, 6.45) is 13.8. The van der Waals surface area contributed by atoms with E-state index >= 15 is 0 Å². The van der Waals surface area contributed by atoms with Crippen LogP contribution >= 0.6 is 0 Å². The van der Waals surface area contributed by atoms with Gasteiger partial charge in [0.2, 0.25) is 47.3 Å². The summed E-state index contributed by atoms with van der Waals surface area (Å²) in [6.45, 7) is 1.31. The minimum atomic E-state index is -2.03. The number of nitrogens with one attached hydrogen (secondary N) is 7. The topological polar surface area (TPSA) is 383 Å². The smallest absolute Gasteiger partial charge is 0.326 e. The number of rotatable bonds is 36. The molecule has 1 heterocycles. The van der Waals surface area contributed by atoms with E-state index in [1.165, 1.54) is 57.8 Å². The second-order valence-corrected chi connectivity index (χ2v) is 17.8. The van der Waals surface area contributed by atoms with Gasteiger partial charge < -0.3 is 57.6 Å². The van der Waals surface area contributed by atoms with Gasteiger partial charge in [-0.3, -0.25) is 53.6 Å². The molecular weight excluding hydrogens is 935 g/mol. The number of aliphatic hydroxyl groups is 3. The number of nitrogens with zero attached hydrogens (tertiary/aromatic N) is 2. The zero-order chi connectivity index (χ0) is 53.3. The molecular formula is C46H81N9O16. The fraction of sp³-hybridized carbons (Fsp3) is 0.783. The van der Waals surface area contributed by atoms with Crippen LogP contribution < -0.4 is 37.2 Å². The van der Waals surface area contributed by atoms with E-state index < -0.39 is 115 Å². The molecule has 25 nitrogen and oxygen atoms in total. The molecule has 7 atom stereocenters. The summed E-state index contributed by atoms with van der Waals surface area (Å²) < 4.78 is 0. The van der Waals surface area contributed by atoms with Crippen molar-refractivity contribution in [2.45, 2.75) is 198 Å². The lowest BCUT2D eigenvalue weighted by molar-refractivity contribution is -0.163. The minimum Gasteiger partial charge on any atom is -0.480 e. The molecule has 1 rings (SSSR count). The molecule has 1 saturated heterocycles. The van der Waals surface area contributed by atoms with Crippen LogP contribution in [0.4, 0.5) is 0 Å². The van der Waals surface area contributed by atoms with Crippen LogP contribution in [0.15, 0.2) is 0 Å². The van der Waals surface area contributed by atoms with Crippen molar-refractivity contribution in [2.75, 3.05) is 32.8 Å². The molecule has 0 bridgehead atoms. The molecule has 0 unspecified atom stereocenters. The largest absolute Gasteiger partial charge is 0.480 e. The van der Waals surface area contributed by atoms with E-state index in [0.29, 0.717) is 16.5 Å². The van der Waals surface area contributed by atoms with E-state index in [1.807, 2.05) is 0 Å². The number of carboxylic acid groups (broad SMARTS) is 1. The van der Waals surface area contributed by atoms with Gasteiger partial charge in [-0.1, -0.05) is 96.8 Å². The first-order chi connectivity index (χ1) is 33.8. The van der Waals surface area contributed by atoms with Crippen LogP contribution in [0.5, 0.6) is 0 Å². The number of unbranched alkanes of at least 4 members (excludes halogenated alkanes) is 14. The normalized spacial score (nSPS) is 17.5. The van der Waals surface area contributed by atoms with E-state index in [1.54, 1.807) is 0 Å². The van der Waals surface area contributed by atoms with Crippen LogP contribution in [0.1, 0.15) is 156 Å². The summed E-state index contributed by atoms with van der Waals surface area (Å²) in [7, 11) is 0. The number of carboxylic acids is 1. The third kappa shape index (κ3) is 26.5. The summed E-state index contributed by atoms with van der Waals surface area (Å²) in [4.78, 5) is 127. The van der Waals surface area contributed by atoms with E-state index in [0.717, 1.165) is 46.0 Å². The fourth-order valence-electron chi connectivity index (χ4n) is 7.53. The average Bonchev–Trinajstić information content (AvgIpc) is 3.37. The third-order valence-electron chi connectivity index (χ3n) is 11.9. The van der Waals surface area contributed by atoms with Gasteiger partial charge in [0.05, 0.1) is 13.2 Å². The zero-order valence-electron chi connectivity index (χ0n) is 41.6. The van der Waals surface area contributed by atoms with Crippen molar-refractivity contribution in [1.82, 2.24) is 47.3 Å². The number of aliphatic hydroxyl groups excluding tert-OH is 3. The monoisotopic (exact) mass is 1020 g/mol. The molecule has 13 N–H and O–H groups in total. The van der Waals surface area contributed by atoms with Gasteiger partial charge in [-0.25, -0.2) is 14.9 Å². The number of hydrogen-bond acceptors (Lipinski definition) is 15. The Labute approximate surface area is 415 Å². The minimum absolute atomic E-state index is 0.00975. The molecule has 0 saturated carbocycles. The molecule has 0 aliphatic carbocycles. The number of carbonyl (C=O) groups excluding carboxylic acids is 9. The highest BCUT2D eigenvalue weighted by atomic mass is 16.5. The first kappa shape index (κ1) is 63.5. The maximum absolute atomic E-state index is 13.5. The molecule has 1 aliphatic heterocycles. The Balaban J connectivity index is 2.92. The quantitative estimate of drug-likeness (QED) is 0.0206. The van der Waals surface area contributed by atoms with Crippen molar-refractivity contribution in [3.8, 4) is 0 Å². The van der Waals surface area contributed by atoms with Crippen molar-refractivity contribution in [1.29, 1.82) is 0 Å². The van der Waals surface area contributed by atoms with Gasteiger partial charge in [0.1, 0.15) is 36.3 Å². The molecule has 71 heavy (non-hydrogen) atoms. The van der Waals surface area contributed by atoms with Gasteiger partial charge in [-0.2, -0.15) is 0 Å². The fourth-order valence-corrected chi connectivity index (χ4v) is 7.53. The Bertz CT molecular complexity index is 1710. The number of carbonyl (C=O) groups is 10. The summed E-state index contributed by atoms with van der Waals surface area (Å²) in [5.74, 6) is -10.2. The molecule has 1 aliphatic rings. The molecule has 0 aromatic rings. The van der Waals surface area contributed by atoms with Crippen LogP contribution in [-0.2, 0) is 47.9 Å². The van der Waals surface area contributed by atoms with Crippen molar-refractivity contribution < 1.29 is 78.8 Å². The maximum Gasteiger partial charge on any atom is 0.326 e. The van der Waals surface area contributed by atoms with E-state index in [-0.39, 0.29) is 58.2 Å². The molecule has 0 radical (unpaired) electrons. The second kappa shape index (κ2) is 36.4. The first-order valence-electron chi connectivity index (χ1n) is 24.9. The van der Waals surface area contributed by atoms with Crippen LogP contribution in [-0.4, -0.2) is 175 Å². The van der Waals surface area contributed by atoms with Crippen LogP contribution in [0.25, 0.3) is 0 Å². The van der Waals surface area contributed by atoms with Gasteiger partial charge in [0.25, 0.3) is 5.91 Å². The third-order valence-corrected chi connectivity index (χ3v) is 11.9. The van der Waals surface area contributed by atoms with Crippen LogP contribution in [0, 0.1) is 0 Å². The summed E-state index contributed by atoms with van der Waals surface area (Å²) in [6, 6.07) is -10.2. The highest BCUT2D eigenvalue weighted by Crippen LogP contribution is 2.14. The number of hydrogen-bond donors (Lipinski definition) is 13. The first-order valence-corrected chi connectivity index (χ1v) is 24.9. The predicted molar refractivity (Wildman–Crippen MR) is 253 cm³/mol. The van der Waals surface area contributed by atoms with Gasteiger partial charge in [-0.15, -0.1) is 0 Å². The Morgan fingerprint density at radius 2 is 1.03 bits per heavy atom. The highest BCUT2D eigenvalue weighted by Gasteiger charge is 2.38. The molecule has 406 valence electrons. The van der Waals surface area contributed by atoms with Crippen molar-refractivity contribution in [2.24, 2.45) is 0 Å². The van der Waals surface area contributed by atoms with E-state index in [9.17, 15) is 78.8 Å². The van der Waals surface area contributed by atoms with Gasteiger partial charge in [0.15, 0.2) is 6.10 Å². The molecule has 0 aromatic heterocycles. The second-order valence-electron chi connectivity index (χ2n) is 17.8. The standard InChI is InChI=1S/C46H81N9O16/c1-4-5-6-7-8-9-10-11-12-13-14-15-16-17-18-23-37(60)53-38-39(61)45(67)47-25-24-33(49-44(38)66)41(63)52-35(28-56)42(64)48-32(21-19-26-54(70)30(2)58)40(62)51-36(29-57)43(65)50-34(46(68)69)22-20-27-55(71)31(3)59/h32-36,38-39,56-57,61,70-71H,4-29H2,1-3H3,(H,47,67)(H,48,64)(H,49,66)(H,50,65)(H,51,62)(H,52,63)(H,53,60)(H,68,69)/t32-,33+,34+,35-,36+,38-,39-/m1/s1. The average molecular weight is 1020 g/mol. The Morgan fingerprint density at radius 1 is 0.606 bits per heavy atom. The highest BCUT2D eigenvalue weighted by molar-refractivity contribution is 5.99. The lowest BCUT2D eigenvalue weighted by atomic mass is 10.0. The maximum atomic E-state index is 13.5.